The summed E-state index contributed by atoms with van der Waals surface area (Å²) in [5, 5.41) is 9.93. The Morgan fingerprint density at radius 1 is 0.403 bits per heavy atom. The maximum absolute atomic E-state index is 5.04. The SMILES string of the molecule is [Ir].[c-]1ccccc1-c1nccc2ccccc12.c1ccc(-c2nc3ccccc3n2-c2ccc(-c3c4ccccc4c(-c4ccc5ccccc5c4)c4ccccc34)cc2)cc1. The maximum Gasteiger partial charge on any atom is 0.145 e. The molecule has 62 heavy (non-hydrogen) atoms. The Morgan fingerprint density at radius 2 is 0.968 bits per heavy atom. The van der Waals surface area contributed by atoms with Crippen LogP contribution >= 0.6 is 0 Å². The fraction of sp³-hybridized carbons (Fsp3) is 0. The second-order valence-electron chi connectivity index (χ2n) is 15.2. The second kappa shape index (κ2) is 16.9. The molecule has 10 aromatic carbocycles. The third-order valence-electron chi connectivity index (χ3n) is 11.6. The summed E-state index contributed by atoms with van der Waals surface area (Å²) in [5.74, 6) is 0.945. The van der Waals surface area contributed by atoms with Gasteiger partial charge in [0.15, 0.2) is 0 Å². The number of pyridine rings is 1. The van der Waals surface area contributed by atoms with E-state index in [-0.39, 0.29) is 20.1 Å². The van der Waals surface area contributed by atoms with Crippen LogP contribution in [0.1, 0.15) is 0 Å². The zero-order valence-corrected chi connectivity index (χ0v) is 36.0. The van der Waals surface area contributed by atoms with Crippen LogP contribution in [0.5, 0.6) is 0 Å². The smallest absolute Gasteiger partial charge is 0.145 e. The molecule has 2 heterocycles. The monoisotopic (exact) mass is 969 g/mol. The molecule has 0 bridgehead atoms. The number of benzene rings is 10. The zero-order valence-electron chi connectivity index (χ0n) is 33.6. The van der Waals surface area contributed by atoms with Gasteiger partial charge in [0, 0.05) is 37.6 Å². The van der Waals surface area contributed by atoms with Crippen LogP contribution in [0, 0.1) is 6.07 Å². The Morgan fingerprint density at radius 3 is 1.66 bits per heavy atom. The van der Waals surface area contributed by atoms with Gasteiger partial charge in [-0.25, -0.2) is 4.98 Å². The van der Waals surface area contributed by atoms with E-state index in [2.05, 4.69) is 192 Å². The summed E-state index contributed by atoms with van der Waals surface area (Å²) >= 11 is 0. The predicted octanol–water partition coefficient (Wildman–Crippen LogP) is 15.2. The molecule has 3 nitrogen and oxygen atoms in total. The van der Waals surface area contributed by atoms with Gasteiger partial charge in [-0.2, -0.15) is 0 Å². The van der Waals surface area contributed by atoms with Crippen molar-refractivity contribution in [3.63, 3.8) is 0 Å². The van der Waals surface area contributed by atoms with E-state index < -0.39 is 0 Å². The number of hydrogen-bond acceptors (Lipinski definition) is 2. The molecule has 0 atom stereocenters. The Balaban J connectivity index is 0.000000226. The first-order valence-corrected chi connectivity index (χ1v) is 20.7. The summed E-state index contributed by atoms with van der Waals surface area (Å²) in [7, 11) is 0. The van der Waals surface area contributed by atoms with Crippen LogP contribution in [-0.2, 0) is 20.1 Å². The number of hydrogen-bond donors (Lipinski definition) is 0. The van der Waals surface area contributed by atoms with Crippen molar-refractivity contribution >= 4 is 54.1 Å². The Labute approximate surface area is 374 Å². The van der Waals surface area contributed by atoms with E-state index in [1.807, 2.05) is 54.7 Å². The first kappa shape index (κ1) is 38.7. The van der Waals surface area contributed by atoms with E-state index in [0.29, 0.717) is 0 Å². The number of aromatic nitrogens is 3. The van der Waals surface area contributed by atoms with E-state index in [1.165, 1.54) is 65.3 Å². The molecule has 12 aromatic rings. The average Bonchev–Trinajstić information content (AvgIpc) is 3.73. The molecule has 0 saturated carbocycles. The van der Waals surface area contributed by atoms with Crippen molar-refractivity contribution in [1.29, 1.82) is 0 Å². The van der Waals surface area contributed by atoms with Gasteiger partial charge in [0.25, 0.3) is 0 Å². The first-order valence-electron chi connectivity index (χ1n) is 20.7. The number of para-hydroxylation sites is 2. The Hall–Kier alpha value is -7.49. The van der Waals surface area contributed by atoms with Gasteiger partial charge < -0.3 is 4.98 Å². The van der Waals surface area contributed by atoms with Crippen molar-refractivity contribution in [2.24, 2.45) is 0 Å². The van der Waals surface area contributed by atoms with Gasteiger partial charge >= 0.3 is 0 Å². The molecule has 295 valence electrons. The Kier molecular flexibility index (Phi) is 10.5. The van der Waals surface area contributed by atoms with Gasteiger partial charge in [-0.3, -0.25) is 4.57 Å². The molecular weight excluding hydrogens is 931 g/mol. The molecule has 12 rings (SSSR count). The zero-order chi connectivity index (χ0) is 40.5. The molecule has 0 fully saturated rings. The number of fused-ring (bicyclic) bond motifs is 5. The fourth-order valence-corrected chi connectivity index (χ4v) is 8.82. The number of nitrogens with zero attached hydrogens (tertiary/aromatic N) is 3. The largest absolute Gasteiger partial charge is 0.304 e. The van der Waals surface area contributed by atoms with E-state index in [1.54, 1.807) is 0 Å². The molecule has 0 amide bonds. The van der Waals surface area contributed by atoms with E-state index in [0.717, 1.165) is 39.4 Å². The first-order chi connectivity index (χ1) is 30.3. The van der Waals surface area contributed by atoms with Crippen molar-refractivity contribution in [3.8, 4) is 50.6 Å². The molecule has 0 aliphatic heterocycles. The fourth-order valence-electron chi connectivity index (χ4n) is 8.82. The molecule has 0 aliphatic carbocycles. The number of rotatable bonds is 5. The summed E-state index contributed by atoms with van der Waals surface area (Å²) in [6, 6.07) is 82.4. The quantitative estimate of drug-likeness (QED) is 0.127. The predicted molar refractivity (Wildman–Crippen MR) is 256 cm³/mol. The molecule has 4 heteroatoms. The molecular formula is C58H38IrN3-. The van der Waals surface area contributed by atoms with Gasteiger partial charge in [-0.05, 0) is 107 Å². The molecule has 0 aliphatic rings. The van der Waals surface area contributed by atoms with Crippen molar-refractivity contribution in [1.82, 2.24) is 14.5 Å². The summed E-state index contributed by atoms with van der Waals surface area (Å²) < 4.78 is 2.27. The van der Waals surface area contributed by atoms with Crippen LogP contribution in [0.3, 0.4) is 0 Å². The van der Waals surface area contributed by atoms with Crippen LogP contribution in [-0.4, -0.2) is 14.5 Å². The van der Waals surface area contributed by atoms with Gasteiger partial charge in [0.05, 0.1) is 11.0 Å². The van der Waals surface area contributed by atoms with Crippen molar-refractivity contribution < 1.29 is 20.1 Å². The maximum atomic E-state index is 5.04. The normalized spacial score (nSPS) is 11.1. The average molecular weight is 969 g/mol. The molecule has 2 aromatic heterocycles. The van der Waals surface area contributed by atoms with E-state index in [9.17, 15) is 0 Å². The molecule has 1 radical (unpaired) electrons. The number of imidazole rings is 1. The molecule has 0 spiro atoms. The molecule has 0 saturated heterocycles. The van der Waals surface area contributed by atoms with E-state index >= 15 is 0 Å². The van der Waals surface area contributed by atoms with Crippen molar-refractivity contribution in [3.05, 3.63) is 237 Å². The minimum atomic E-state index is 0. The van der Waals surface area contributed by atoms with Gasteiger partial charge in [-0.15, -0.1) is 35.9 Å². The Bertz CT molecular complexity index is 3460. The minimum Gasteiger partial charge on any atom is -0.304 e. The third kappa shape index (κ3) is 7.06. The van der Waals surface area contributed by atoms with Crippen LogP contribution in [0.4, 0.5) is 0 Å². The topological polar surface area (TPSA) is 30.7 Å². The van der Waals surface area contributed by atoms with Crippen LogP contribution < -0.4 is 0 Å². The van der Waals surface area contributed by atoms with Gasteiger partial charge in [0.2, 0.25) is 0 Å². The third-order valence-corrected chi connectivity index (χ3v) is 11.6. The summed E-state index contributed by atoms with van der Waals surface area (Å²) in [4.78, 5) is 9.49. The molecule has 0 N–H and O–H groups in total. The summed E-state index contributed by atoms with van der Waals surface area (Å²) in [6.45, 7) is 0. The van der Waals surface area contributed by atoms with E-state index in [4.69, 9.17) is 4.98 Å². The van der Waals surface area contributed by atoms with Crippen LogP contribution in [0.15, 0.2) is 231 Å². The van der Waals surface area contributed by atoms with Crippen LogP contribution in [0.2, 0.25) is 0 Å². The second-order valence-corrected chi connectivity index (χ2v) is 15.2. The van der Waals surface area contributed by atoms with Crippen molar-refractivity contribution in [2.75, 3.05) is 0 Å². The van der Waals surface area contributed by atoms with Crippen LogP contribution in [0.25, 0.3) is 105 Å². The van der Waals surface area contributed by atoms with Gasteiger partial charge in [-0.1, -0.05) is 164 Å². The molecule has 0 unspecified atom stereocenters. The standard InChI is InChI=1S/C43H28N2.C15H10N.Ir/c1-2-13-31(14-3-1)43-44-39-20-10-11-21-40(39)45(43)34-26-24-30(25-27-34)41-35-16-6-8-18-37(35)42(38-19-9-7-17-36(38)41)33-23-22-29-12-4-5-15-32(29)28-33;1-2-7-13(8-3-1)15-14-9-5-4-6-12(14)10-11-16-15;/h1-28H;1-7,9-11H;/q;-1;. The summed E-state index contributed by atoms with van der Waals surface area (Å²) in [5.41, 5.74) is 11.3. The summed E-state index contributed by atoms with van der Waals surface area (Å²) in [6.07, 6.45) is 1.85. The minimum absolute atomic E-state index is 0. The van der Waals surface area contributed by atoms with Crippen molar-refractivity contribution in [2.45, 2.75) is 0 Å². The van der Waals surface area contributed by atoms with Gasteiger partial charge in [0.1, 0.15) is 5.82 Å².